The smallest absolute Gasteiger partial charge is 0.247 e. The Bertz CT molecular complexity index is 317. The van der Waals surface area contributed by atoms with Crippen molar-refractivity contribution in [1.82, 2.24) is 0 Å². The van der Waals surface area contributed by atoms with Crippen LogP contribution in [0.2, 0.25) is 0 Å². The first-order valence-corrected chi connectivity index (χ1v) is 4.15. The quantitative estimate of drug-likeness (QED) is 0.738. The number of rotatable bonds is 4. The van der Waals surface area contributed by atoms with Crippen LogP contribution in [0.25, 0.3) is 0 Å². The Morgan fingerprint density at radius 3 is 2.57 bits per heavy atom. The Labute approximate surface area is 83.4 Å². The summed E-state index contributed by atoms with van der Waals surface area (Å²) in [7, 11) is 3.28. The minimum absolute atomic E-state index is 0.217. The van der Waals surface area contributed by atoms with Crippen molar-refractivity contribution in [2.24, 2.45) is 0 Å². The zero-order valence-corrected chi connectivity index (χ0v) is 7.82. The summed E-state index contributed by atoms with van der Waals surface area (Å²) in [4.78, 5) is 10.9. The summed E-state index contributed by atoms with van der Waals surface area (Å²) in [5.41, 5.74) is 1.75. The molecule has 0 aliphatic carbocycles. The predicted octanol–water partition coefficient (Wildman–Crippen LogP) is 2.12. The van der Waals surface area contributed by atoms with Crippen LogP contribution in [0.5, 0.6) is 0 Å². The second kappa shape index (κ2) is 5.19. The van der Waals surface area contributed by atoms with Crippen molar-refractivity contribution in [1.29, 1.82) is 0 Å². The van der Waals surface area contributed by atoms with E-state index < -0.39 is 0 Å². The zero-order chi connectivity index (χ0) is 10.4. The predicted molar refractivity (Wildman–Crippen MR) is 55.4 cm³/mol. The maximum atomic E-state index is 10.9. The lowest BCUT2D eigenvalue weighted by molar-refractivity contribution is -0.111. The second-order valence-corrected chi connectivity index (χ2v) is 2.74. The van der Waals surface area contributed by atoms with E-state index in [1.54, 1.807) is 12.1 Å². The maximum absolute atomic E-state index is 10.9. The van der Waals surface area contributed by atoms with Gasteiger partial charge in [0, 0.05) is 5.69 Å². The Hall–Kier alpha value is -1.61. The summed E-state index contributed by atoms with van der Waals surface area (Å²) >= 11 is 0. The van der Waals surface area contributed by atoms with E-state index in [4.69, 9.17) is 4.74 Å². The second-order valence-electron chi connectivity index (χ2n) is 2.74. The molecule has 0 saturated heterocycles. The standard InChI is InChI=1S/C11H12NO2/c1-3-11(13)12-10-6-4-9(5-7-10)8-14-2/h3-7H,1-2,8H2,(H,12,13). The molecule has 0 aliphatic rings. The molecular formula is C11H12NO2. The van der Waals surface area contributed by atoms with Gasteiger partial charge in [0.15, 0.2) is 0 Å². The van der Waals surface area contributed by atoms with Crippen LogP contribution >= 0.6 is 0 Å². The number of ether oxygens (including phenoxy) is 1. The molecule has 3 nitrogen and oxygen atoms in total. The number of amides is 1. The number of benzene rings is 1. The molecule has 1 radical (unpaired) electrons. The number of hydrogen-bond acceptors (Lipinski definition) is 2. The lowest BCUT2D eigenvalue weighted by Gasteiger charge is -2.03. The molecule has 1 aromatic carbocycles. The number of nitrogens with one attached hydrogen (secondary N) is 1. The van der Waals surface area contributed by atoms with Crippen LogP contribution < -0.4 is 5.32 Å². The van der Waals surface area contributed by atoms with Crippen molar-refractivity contribution < 1.29 is 9.53 Å². The molecule has 1 rings (SSSR count). The average Bonchev–Trinajstić information content (AvgIpc) is 2.21. The Morgan fingerprint density at radius 1 is 1.43 bits per heavy atom. The van der Waals surface area contributed by atoms with Crippen molar-refractivity contribution in [2.75, 3.05) is 5.32 Å². The molecule has 1 amide bonds. The monoisotopic (exact) mass is 190 g/mol. The molecule has 0 aromatic heterocycles. The van der Waals surface area contributed by atoms with Crippen LogP contribution in [0.3, 0.4) is 0 Å². The SMILES string of the molecule is [CH2]OCc1ccc(NC(=O)C=C)cc1. The van der Waals surface area contributed by atoms with E-state index >= 15 is 0 Å². The third-order valence-electron chi connectivity index (χ3n) is 1.68. The molecule has 1 N–H and O–H groups in total. The third kappa shape index (κ3) is 3.03. The van der Waals surface area contributed by atoms with E-state index in [-0.39, 0.29) is 5.91 Å². The molecule has 0 heterocycles. The summed E-state index contributed by atoms with van der Waals surface area (Å²) in [6, 6.07) is 7.33. The topological polar surface area (TPSA) is 38.3 Å². The van der Waals surface area contributed by atoms with Gasteiger partial charge in [0.25, 0.3) is 0 Å². The highest BCUT2D eigenvalue weighted by atomic mass is 16.5. The van der Waals surface area contributed by atoms with E-state index in [1.165, 1.54) is 6.08 Å². The normalized spacial score (nSPS) is 9.50. The molecule has 0 saturated carbocycles. The van der Waals surface area contributed by atoms with Crippen molar-refractivity contribution in [3.63, 3.8) is 0 Å². The van der Waals surface area contributed by atoms with E-state index in [2.05, 4.69) is 19.0 Å². The number of hydrogen-bond donors (Lipinski definition) is 1. The number of carbonyl (C=O) groups is 1. The van der Waals surface area contributed by atoms with Crippen LogP contribution in [0.15, 0.2) is 36.9 Å². The Morgan fingerprint density at radius 2 is 2.07 bits per heavy atom. The fourth-order valence-corrected chi connectivity index (χ4v) is 0.995. The van der Waals surface area contributed by atoms with Crippen LogP contribution in [0.4, 0.5) is 5.69 Å². The molecule has 0 spiro atoms. The Kier molecular flexibility index (Phi) is 3.88. The van der Waals surface area contributed by atoms with Gasteiger partial charge in [-0.2, -0.15) is 0 Å². The summed E-state index contributed by atoms with van der Waals surface area (Å²) in [6.07, 6.45) is 1.23. The van der Waals surface area contributed by atoms with Crippen molar-refractivity contribution in [3.05, 3.63) is 49.6 Å². The summed E-state index contributed by atoms with van der Waals surface area (Å²) < 4.78 is 4.72. The van der Waals surface area contributed by atoms with Crippen LogP contribution in [0.1, 0.15) is 5.56 Å². The third-order valence-corrected chi connectivity index (χ3v) is 1.68. The first-order valence-electron chi connectivity index (χ1n) is 4.15. The average molecular weight is 190 g/mol. The van der Waals surface area contributed by atoms with Crippen molar-refractivity contribution in [2.45, 2.75) is 6.61 Å². The minimum atomic E-state index is -0.217. The van der Waals surface area contributed by atoms with Crippen LogP contribution in [-0.2, 0) is 16.1 Å². The van der Waals surface area contributed by atoms with Gasteiger partial charge in [-0.05, 0) is 23.8 Å². The Balaban J connectivity index is 2.63. The molecule has 0 unspecified atom stereocenters. The van der Waals surface area contributed by atoms with Crippen molar-refractivity contribution >= 4 is 11.6 Å². The van der Waals surface area contributed by atoms with Crippen LogP contribution in [0, 0.1) is 7.11 Å². The molecule has 73 valence electrons. The molecular weight excluding hydrogens is 178 g/mol. The first kappa shape index (κ1) is 10.5. The highest BCUT2D eigenvalue weighted by Gasteiger charge is 1.96. The summed E-state index contributed by atoms with van der Waals surface area (Å²) in [5, 5.41) is 2.65. The lowest BCUT2D eigenvalue weighted by Crippen LogP contribution is -2.06. The highest BCUT2D eigenvalue weighted by molar-refractivity contribution is 5.98. The van der Waals surface area contributed by atoms with Gasteiger partial charge in [0.1, 0.15) is 0 Å². The van der Waals surface area contributed by atoms with Gasteiger partial charge in [-0.25, -0.2) is 0 Å². The van der Waals surface area contributed by atoms with Crippen LogP contribution in [-0.4, -0.2) is 5.91 Å². The van der Waals surface area contributed by atoms with Gasteiger partial charge in [-0.15, -0.1) is 0 Å². The molecule has 0 aliphatic heterocycles. The lowest BCUT2D eigenvalue weighted by atomic mass is 10.2. The van der Waals surface area contributed by atoms with Gasteiger partial charge >= 0.3 is 0 Å². The number of carbonyl (C=O) groups excluding carboxylic acids is 1. The molecule has 0 fully saturated rings. The summed E-state index contributed by atoms with van der Waals surface area (Å²) in [6.45, 7) is 3.83. The molecule has 0 bridgehead atoms. The fourth-order valence-electron chi connectivity index (χ4n) is 0.995. The van der Waals surface area contributed by atoms with E-state index in [0.717, 1.165) is 11.3 Å². The maximum Gasteiger partial charge on any atom is 0.247 e. The first-order chi connectivity index (χ1) is 6.76. The minimum Gasteiger partial charge on any atom is -0.374 e. The van der Waals surface area contributed by atoms with E-state index in [0.29, 0.717) is 6.61 Å². The van der Waals surface area contributed by atoms with Gasteiger partial charge in [-0.1, -0.05) is 18.7 Å². The number of anilines is 1. The molecule has 1 aromatic rings. The summed E-state index contributed by atoms with van der Waals surface area (Å²) in [5.74, 6) is -0.217. The van der Waals surface area contributed by atoms with E-state index in [1.807, 2.05) is 12.1 Å². The largest absolute Gasteiger partial charge is 0.374 e. The highest BCUT2D eigenvalue weighted by Crippen LogP contribution is 2.10. The van der Waals surface area contributed by atoms with Crippen molar-refractivity contribution in [3.8, 4) is 0 Å². The fraction of sp³-hybridized carbons (Fsp3) is 0.0909. The van der Waals surface area contributed by atoms with Gasteiger partial charge < -0.3 is 10.1 Å². The molecule has 14 heavy (non-hydrogen) atoms. The zero-order valence-electron chi connectivity index (χ0n) is 7.82. The molecule has 0 atom stereocenters. The van der Waals surface area contributed by atoms with Gasteiger partial charge in [0.05, 0.1) is 13.7 Å². The molecule has 3 heteroatoms. The van der Waals surface area contributed by atoms with E-state index in [9.17, 15) is 4.79 Å². The van der Waals surface area contributed by atoms with Gasteiger partial charge in [-0.3, -0.25) is 4.79 Å². The van der Waals surface area contributed by atoms with Gasteiger partial charge in [0.2, 0.25) is 5.91 Å².